The molecule has 0 aliphatic carbocycles. The molecule has 1 atom stereocenters. The number of nitrogens with one attached hydrogen (secondary N) is 1. The zero-order valence-electron chi connectivity index (χ0n) is 17.9. The summed E-state index contributed by atoms with van der Waals surface area (Å²) in [5.74, 6) is 2.01. The lowest BCUT2D eigenvalue weighted by molar-refractivity contribution is 0.117. The lowest BCUT2D eigenvalue weighted by Gasteiger charge is -2.38. The van der Waals surface area contributed by atoms with E-state index in [9.17, 15) is 0 Å². The summed E-state index contributed by atoms with van der Waals surface area (Å²) in [5, 5.41) is 11.8. The molecule has 1 aromatic carbocycles. The molecular weight excluding hydrogens is 378 g/mol. The Labute approximate surface area is 178 Å². The minimum Gasteiger partial charge on any atom is -0.376 e. The van der Waals surface area contributed by atoms with Gasteiger partial charge in [-0.25, -0.2) is 0 Å². The van der Waals surface area contributed by atoms with E-state index in [1.807, 2.05) is 6.33 Å². The number of hydrogen-bond donors (Lipinski definition) is 1. The van der Waals surface area contributed by atoms with Gasteiger partial charge >= 0.3 is 0 Å². The molecule has 0 radical (unpaired) electrons. The lowest BCUT2D eigenvalue weighted by Crippen LogP contribution is -2.53. The van der Waals surface area contributed by atoms with E-state index in [2.05, 4.69) is 67.1 Å². The number of aliphatic imine (C=N–C) groups is 1. The third-order valence-corrected chi connectivity index (χ3v) is 5.82. The summed E-state index contributed by atoms with van der Waals surface area (Å²) in [6, 6.07) is 10.6. The predicted octanol–water partition coefficient (Wildman–Crippen LogP) is 1.79. The number of guanidine groups is 1. The quantitative estimate of drug-likeness (QED) is 0.553. The second kappa shape index (κ2) is 10.4. The molecular formula is C22H33N7O. The van der Waals surface area contributed by atoms with Crippen LogP contribution in [-0.2, 0) is 17.7 Å². The van der Waals surface area contributed by atoms with Gasteiger partial charge in [0.15, 0.2) is 5.96 Å². The minimum absolute atomic E-state index is 0.261. The second-order valence-corrected chi connectivity index (χ2v) is 7.83. The molecule has 4 rings (SSSR count). The smallest absolute Gasteiger partial charge is 0.194 e. The maximum atomic E-state index is 5.78. The highest BCUT2D eigenvalue weighted by Gasteiger charge is 2.21. The zero-order valence-corrected chi connectivity index (χ0v) is 17.9. The summed E-state index contributed by atoms with van der Waals surface area (Å²) >= 11 is 0. The largest absolute Gasteiger partial charge is 0.376 e. The Balaban J connectivity index is 1.35. The van der Waals surface area contributed by atoms with Gasteiger partial charge in [-0.1, -0.05) is 25.1 Å². The van der Waals surface area contributed by atoms with Gasteiger partial charge in [0.1, 0.15) is 12.2 Å². The van der Waals surface area contributed by atoms with Crippen molar-refractivity contribution in [1.82, 2.24) is 25.0 Å². The number of benzene rings is 1. The van der Waals surface area contributed by atoms with Crippen molar-refractivity contribution in [3.63, 3.8) is 0 Å². The first kappa shape index (κ1) is 20.7. The number of rotatable bonds is 7. The van der Waals surface area contributed by atoms with Crippen LogP contribution in [0.1, 0.15) is 25.6 Å². The van der Waals surface area contributed by atoms with Crippen LogP contribution in [0.3, 0.4) is 0 Å². The average Bonchev–Trinajstić information content (AvgIpc) is 3.49. The maximum absolute atomic E-state index is 5.78. The SMILES string of the molecule is CCc1nncn1CCNC(=NCC1CCCO1)N1CCN(c2ccccc2)CC1. The number of aromatic nitrogens is 3. The van der Waals surface area contributed by atoms with Crippen LogP contribution < -0.4 is 10.2 Å². The van der Waals surface area contributed by atoms with Gasteiger partial charge < -0.3 is 24.4 Å². The van der Waals surface area contributed by atoms with Crippen molar-refractivity contribution in [2.24, 2.45) is 4.99 Å². The van der Waals surface area contributed by atoms with Crippen molar-refractivity contribution in [3.8, 4) is 0 Å². The molecule has 2 aliphatic heterocycles. The minimum atomic E-state index is 0.261. The fourth-order valence-electron chi connectivity index (χ4n) is 4.09. The van der Waals surface area contributed by atoms with Crippen LogP contribution in [0.4, 0.5) is 5.69 Å². The van der Waals surface area contributed by atoms with Crippen LogP contribution >= 0.6 is 0 Å². The fraction of sp³-hybridized carbons (Fsp3) is 0.591. The highest BCUT2D eigenvalue weighted by Crippen LogP contribution is 2.16. The van der Waals surface area contributed by atoms with Crippen LogP contribution in [-0.4, -0.2) is 77.6 Å². The Morgan fingerprint density at radius 1 is 1.20 bits per heavy atom. The lowest BCUT2D eigenvalue weighted by atomic mass is 10.2. The molecule has 1 unspecified atom stereocenters. The summed E-state index contributed by atoms with van der Waals surface area (Å²) in [4.78, 5) is 9.76. The van der Waals surface area contributed by atoms with Crippen molar-refractivity contribution in [3.05, 3.63) is 42.5 Å². The highest BCUT2D eigenvalue weighted by atomic mass is 16.5. The van der Waals surface area contributed by atoms with E-state index in [1.165, 1.54) is 5.69 Å². The summed E-state index contributed by atoms with van der Waals surface area (Å²) in [5.41, 5.74) is 1.29. The van der Waals surface area contributed by atoms with Crippen molar-refractivity contribution < 1.29 is 4.74 Å². The van der Waals surface area contributed by atoms with Gasteiger partial charge in [0.2, 0.25) is 0 Å². The summed E-state index contributed by atoms with van der Waals surface area (Å²) in [7, 11) is 0. The number of hydrogen-bond acceptors (Lipinski definition) is 5. The van der Waals surface area contributed by atoms with Gasteiger partial charge in [0, 0.05) is 58.0 Å². The molecule has 2 aromatic rings. The molecule has 30 heavy (non-hydrogen) atoms. The van der Waals surface area contributed by atoms with Crippen LogP contribution in [0.2, 0.25) is 0 Å². The average molecular weight is 412 g/mol. The van der Waals surface area contributed by atoms with Crippen LogP contribution in [0.15, 0.2) is 41.7 Å². The number of piperazine rings is 1. The topological polar surface area (TPSA) is 70.8 Å². The van der Waals surface area contributed by atoms with E-state index in [1.54, 1.807) is 0 Å². The first-order chi connectivity index (χ1) is 14.8. The van der Waals surface area contributed by atoms with Crippen molar-refractivity contribution in [2.45, 2.75) is 38.8 Å². The molecule has 162 valence electrons. The summed E-state index contributed by atoms with van der Waals surface area (Å²) < 4.78 is 7.89. The molecule has 1 aromatic heterocycles. The molecule has 3 heterocycles. The first-order valence-electron chi connectivity index (χ1n) is 11.1. The van der Waals surface area contributed by atoms with E-state index in [0.717, 1.165) is 83.5 Å². The van der Waals surface area contributed by atoms with Gasteiger partial charge in [-0.15, -0.1) is 10.2 Å². The third kappa shape index (κ3) is 5.30. The Kier molecular flexibility index (Phi) is 7.18. The number of aryl methyl sites for hydroxylation is 1. The van der Waals surface area contributed by atoms with Gasteiger partial charge in [-0.3, -0.25) is 4.99 Å². The molecule has 0 saturated carbocycles. The van der Waals surface area contributed by atoms with Gasteiger partial charge in [0.25, 0.3) is 0 Å². The molecule has 2 saturated heterocycles. The maximum Gasteiger partial charge on any atom is 0.194 e. The van der Waals surface area contributed by atoms with Crippen molar-refractivity contribution in [2.75, 3.05) is 50.8 Å². The Morgan fingerprint density at radius 2 is 2.03 bits per heavy atom. The highest BCUT2D eigenvalue weighted by molar-refractivity contribution is 5.80. The van der Waals surface area contributed by atoms with Crippen LogP contribution in [0, 0.1) is 0 Å². The Hall–Kier alpha value is -2.61. The Morgan fingerprint density at radius 3 is 2.77 bits per heavy atom. The molecule has 0 amide bonds. The van der Waals surface area contributed by atoms with Crippen LogP contribution in [0.5, 0.6) is 0 Å². The van der Waals surface area contributed by atoms with E-state index in [-0.39, 0.29) is 6.10 Å². The third-order valence-electron chi connectivity index (χ3n) is 5.82. The molecule has 8 heteroatoms. The molecule has 2 aliphatic rings. The number of nitrogens with zero attached hydrogens (tertiary/aromatic N) is 6. The number of para-hydroxylation sites is 1. The standard InChI is InChI=1S/C22H33N7O/c1-2-21-26-25-18-29(21)11-10-23-22(24-17-20-9-6-16-30-20)28-14-12-27(13-15-28)19-7-4-3-5-8-19/h3-5,7-8,18,20H,2,6,9-17H2,1H3,(H,23,24). The Bertz CT molecular complexity index is 793. The number of anilines is 1. The first-order valence-corrected chi connectivity index (χ1v) is 11.1. The van der Waals surface area contributed by atoms with E-state index in [0.29, 0.717) is 0 Å². The second-order valence-electron chi connectivity index (χ2n) is 7.83. The summed E-state index contributed by atoms with van der Waals surface area (Å²) in [6.07, 6.45) is 5.21. The van der Waals surface area contributed by atoms with E-state index < -0.39 is 0 Å². The molecule has 2 fully saturated rings. The van der Waals surface area contributed by atoms with Gasteiger partial charge in [0.05, 0.1) is 12.6 Å². The van der Waals surface area contributed by atoms with Gasteiger partial charge in [-0.2, -0.15) is 0 Å². The van der Waals surface area contributed by atoms with Crippen molar-refractivity contribution in [1.29, 1.82) is 0 Å². The molecule has 1 N–H and O–H groups in total. The monoisotopic (exact) mass is 411 g/mol. The molecule has 0 bridgehead atoms. The molecule has 0 spiro atoms. The van der Waals surface area contributed by atoms with Crippen molar-refractivity contribution >= 4 is 11.6 Å². The zero-order chi connectivity index (χ0) is 20.6. The fourth-order valence-corrected chi connectivity index (χ4v) is 4.09. The summed E-state index contributed by atoms with van der Waals surface area (Å²) in [6.45, 7) is 9.24. The normalized spacial score (nSPS) is 20.0. The predicted molar refractivity (Wildman–Crippen MR) is 119 cm³/mol. The van der Waals surface area contributed by atoms with Crippen LogP contribution in [0.25, 0.3) is 0 Å². The van der Waals surface area contributed by atoms with E-state index in [4.69, 9.17) is 9.73 Å². The molecule has 8 nitrogen and oxygen atoms in total. The van der Waals surface area contributed by atoms with Gasteiger partial charge in [-0.05, 0) is 25.0 Å². The number of ether oxygens (including phenoxy) is 1. The van der Waals surface area contributed by atoms with E-state index >= 15 is 0 Å².